The molecule has 1 saturated heterocycles. The SMILES string of the molecule is COCCC1CN(c2nc(-c3nnc4n3CCN(C(=O)c3ccc(-c5cccs5)cc3)C4)cs2)CCO1. The highest BCUT2D eigenvalue weighted by Gasteiger charge is 2.28. The summed E-state index contributed by atoms with van der Waals surface area (Å²) in [5.41, 5.74) is 2.63. The molecule has 0 saturated carbocycles. The van der Waals surface area contributed by atoms with E-state index >= 15 is 0 Å². The molecule has 5 heterocycles. The van der Waals surface area contributed by atoms with E-state index in [9.17, 15) is 4.79 Å². The fourth-order valence-electron chi connectivity index (χ4n) is 4.75. The lowest BCUT2D eigenvalue weighted by molar-refractivity contribution is 0.0191. The Hall–Kier alpha value is -3.12. The van der Waals surface area contributed by atoms with Gasteiger partial charge in [0.1, 0.15) is 5.69 Å². The number of thiophene rings is 1. The number of morpholine rings is 1. The number of amides is 1. The van der Waals surface area contributed by atoms with Gasteiger partial charge in [0.25, 0.3) is 5.91 Å². The lowest BCUT2D eigenvalue weighted by atomic mass is 10.1. The summed E-state index contributed by atoms with van der Waals surface area (Å²) in [6.45, 7) is 4.67. The number of methoxy groups -OCH3 is 1. The number of hydrogen-bond donors (Lipinski definition) is 0. The fraction of sp³-hybridized carbons (Fsp3) is 0.385. The standard InChI is InChI=1S/C26H28N6O3S2/c1-34-12-8-20-15-31(11-13-35-20)26-27-21(17-37-26)24-29-28-23-16-30(9-10-32(23)24)25(33)19-6-4-18(5-7-19)22-3-2-14-36-22/h2-7,14,17,20H,8-13,15-16H2,1H3. The molecular formula is C26H28N6O3S2. The number of fused-ring (bicyclic) bond motifs is 1. The maximum atomic E-state index is 13.2. The molecule has 1 amide bonds. The lowest BCUT2D eigenvalue weighted by Gasteiger charge is -2.32. The number of anilines is 1. The van der Waals surface area contributed by atoms with Crippen molar-refractivity contribution < 1.29 is 14.3 Å². The zero-order valence-corrected chi connectivity index (χ0v) is 22.2. The Labute approximate surface area is 223 Å². The average Bonchev–Trinajstić information content (AvgIpc) is 3.72. The molecule has 1 aromatic carbocycles. The van der Waals surface area contributed by atoms with E-state index in [4.69, 9.17) is 14.5 Å². The first-order valence-corrected chi connectivity index (χ1v) is 14.1. The van der Waals surface area contributed by atoms with Gasteiger partial charge in [-0.1, -0.05) is 18.2 Å². The Kier molecular flexibility index (Phi) is 7.01. The minimum atomic E-state index is 0.0137. The van der Waals surface area contributed by atoms with Gasteiger partial charge < -0.3 is 23.8 Å². The van der Waals surface area contributed by atoms with Gasteiger partial charge in [-0.3, -0.25) is 4.79 Å². The largest absolute Gasteiger partial charge is 0.385 e. The number of carbonyl (C=O) groups excluding carboxylic acids is 1. The van der Waals surface area contributed by atoms with Crippen LogP contribution in [0.15, 0.2) is 47.2 Å². The predicted molar refractivity (Wildman–Crippen MR) is 144 cm³/mol. The van der Waals surface area contributed by atoms with Crippen molar-refractivity contribution in [2.75, 3.05) is 44.9 Å². The van der Waals surface area contributed by atoms with E-state index in [1.807, 2.05) is 40.6 Å². The second-order valence-corrected chi connectivity index (χ2v) is 10.9. The molecular weight excluding hydrogens is 508 g/mol. The number of aromatic nitrogens is 4. The molecule has 192 valence electrons. The molecule has 9 nitrogen and oxygen atoms in total. The van der Waals surface area contributed by atoms with Gasteiger partial charge in [-0.15, -0.1) is 32.9 Å². The van der Waals surface area contributed by atoms with Crippen molar-refractivity contribution in [2.45, 2.75) is 25.6 Å². The second-order valence-electron chi connectivity index (χ2n) is 9.11. The molecule has 6 rings (SSSR count). The van der Waals surface area contributed by atoms with Gasteiger partial charge >= 0.3 is 0 Å². The molecule has 0 bridgehead atoms. The van der Waals surface area contributed by atoms with E-state index in [0.29, 0.717) is 38.4 Å². The summed E-state index contributed by atoms with van der Waals surface area (Å²) < 4.78 is 13.2. The van der Waals surface area contributed by atoms with Crippen LogP contribution < -0.4 is 4.90 Å². The molecule has 37 heavy (non-hydrogen) atoms. The van der Waals surface area contributed by atoms with Gasteiger partial charge in [0.05, 0.1) is 19.3 Å². The molecule has 4 aromatic rings. The summed E-state index contributed by atoms with van der Waals surface area (Å²) in [6, 6.07) is 12.0. The highest BCUT2D eigenvalue weighted by molar-refractivity contribution is 7.14. The quantitative estimate of drug-likeness (QED) is 0.353. The minimum Gasteiger partial charge on any atom is -0.385 e. The van der Waals surface area contributed by atoms with E-state index in [-0.39, 0.29) is 12.0 Å². The van der Waals surface area contributed by atoms with Crippen molar-refractivity contribution in [3.05, 3.63) is 58.5 Å². The van der Waals surface area contributed by atoms with Crippen LogP contribution in [-0.2, 0) is 22.6 Å². The molecule has 0 aliphatic carbocycles. The third-order valence-electron chi connectivity index (χ3n) is 6.75. The van der Waals surface area contributed by atoms with E-state index in [2.05, 4.69) is 31.1 Å². The molecule has 2 aliphatic heterocycles. The van der Waals surface area contributed by atoms with Crippen molar-refractivity contribution in [2.24, 2.45) is 0 Å². The van der Waals surface area contributed by atoms with E-state index in [0.717, 1.165) is 47.5 Å². The highest BCUT2D eigenvalue weighted by Crippen LogP contribution is 2.30. The monoisotopic (exact) mass is 536 g/mol. The Balaban J connectivity index is 1.13. The topological polar surface area (TPSA) is 85.6 Å². The van der Waals surface area contributed by atoms with Crippen LogP contribution in [0.1, 0.15) is 22.6 Å². The Morgan fingerprint density at radius 3 is 2.84 bits per heavy atom. The summed E-state index contributed by atoms with van der Waals surface area (Å²) in [7, 11) is 1.71. The van der Waals surface area contributed by atoms with Crippen molar-refractivity contribution in [3.63, 3.8) is 0 Å². The van der Waals surface area contributed by atoms with E-state index < -0.39 is 0 Å². The number of carbonyl (C=O) groups is 1. The van der Waals surface area contributed by atoms with E-state index in [1.165, 1.54) is 4.88 Å². The summed E-state index contributed by atoms with van der Waals surface area (Å²) in [6.07, 6.45) is 1.02. The van der Waals surface area contributed by atoms with Crippen LogP contribution in [0.2, 0.25) is 0 Å². The van der Waals surface area contributed by atoms with Crippen LogP contribution in [0.3, 0.4) is 0 Å². The maximum Gasteiger partial charge on any atom is 0.254 e. The smallest absolute Gasteiger partial charge is 0.254 e. The minimum absolute atomic E-state index is 0.0137. The van der Waals surface area contributed by atoms with Gasteiger partial charge in [0.2, 0.25) is 0 Å². The van der Waals surface area contributed by atoms with Crippen molar-refractivity contribution in [1.29, 1.82) is 0 Å². The van der Waals surface area contributed by atoms with Gasteiger partial charge in [-0.25, -0.2) is 4.98 Å². The van der Waals surface area contributed by atoms with Crippen molar-refractivity contribution in [1.82, 2.24) is 24.6 Å². The Morgan fingerprint density at radius 1 is 1.14 bits per heavy atom. The fourth-order valence-corrected chi connectivity index (χ4v) is 6.33. The molecule has 0 N–H and O–H groups in total. The summed E-state index contributed by atoms with van der Waals surface area (Å²) in [4.78, 5) is 23.4. The highest BCUT2D eigenvalue weighted by atomic mass is 32.1. The first-order valence-electron chi connectivity index (χ1n) is 12.4. The molecule has 1 fully saturated rings. The molecule has 1 atom stereocenters. The van der Waals surface area contributed by atoms with Crippen LogP contribution in [0.5, 0.6) is 0 Å². The number of thiazole rings is 1. The van der Waals surface area contributed by atoms with Gasteiger partial charge in [-0.05, 0) is 35.6 Å². The van der Waals surface area contributed by atoms with Crippen molar-refractivity contribution >= 4 is 33.7 Å². The number of benzene rings is 1. The predicted octanol–water partition coefficient (Wildman–Crippen LogP) is 4.03. The zero-order valence-electron chi connectivity index (χ0n) is 20.6. The number of rotatable bonds is 7. The van der Waals surface area contributed by atoms with Crippen molar-refractivity contribution in [3.8, 4) is 22.0 Å². The van der Waals surface area contributed by atoms with Gasteiger partial charge in [-0.2, -0.15) is 0 Å². The van der Waals surface area contributed by atoms with Crippen LogP contribution in [0.4, 0.5) is 5.13 Å². The first kappa shape index (κ1) is 24.2. The summed E-state index contributed by atoms with van der Waals surface area (Å²) in [5, 5.41) is 13.9. The molecule has 1 unspecified atom stereocenters. The van der Waals surface area contributed by atoms with Crippen LogP contribution in [-0.4, -0.2) is 76.6 Å². The lowest BCUT2D eigenvalue weighted by Crippen LogP contribution is -2.42. The van der Waals surface area contributed by atoms with Crippen LogP contribution in [0, 0.1) is 0 Å². The third kappa shape index (κ3) is 5.04. The van der Waals surface area contributed by atoms with Crippen LogP contribution in [0.25, 0.3) is 22.0 Å². The van der Waals surface area contributed by atoms with Gasteiger partial charge in [0.15, 0.2) is 16.8 Å². The summed E-state index contributed by atoms with van der Waals surface area (Å²) in [5.74, 6) is 1.55. The average molecular weight is 537 g/mol. The van der Waals surface area contributed by atoms with Crippen LogP contribution >= 0.6 is 22.7 Å². The van der Waals surface area contributed by atoms with E-state index in [1.54, 1.807) is 29.8 Å². The molecule has 3 aromatic heterocycles. The molecule has 2 aliphatic rings. The Morgan fingerprint density at radius 2 is 2.03 bits per heavy atom. The Bertz CT molecular complexity index is 1350. The molecule has 0 radical (unpaired) electrons. The second kappa shape index (κ2) is 10.7. The number of nitrogens with zero attached hydrogens (tertiary/aromatic N) is 6. The third-order valence-corrected chi connectivity index (χ3v) is 8.57. The number of ether oxygens (including phenoxy) is 2. The van der Waals surface area contributed by atoms with Gasteiger partial charge in [0, 0.05) is 55.7 Å². The first-order chi connectivity index (χ1) is 18.2. The normalized spacial score (nSPS) is 17.7. The molecule has 0 spiro atoms. The number of hydrogen-bond acceptors (Lipinski definition) is 9. The zero-order chi connectivity index (χ0) is 25.2. The molecule has 11 heteroatoms. The summed E-state index contributed by atoms with van der Waals surface area (Å²) >= 11 is 3.31. The maximum absolute atomic E-state index is 13.2.